The molecule has 0 fully saturated rings. The van der Waals surface area contributed by atoms with Crippen LogP contribution >= 0.6 is 0 Å². The molecule has 1 aromatic heterocycles. The monoisotopic (exact) mass is 292 g/mol. The second-order valence-corrected chi connectivity index (χ2v) is 4.85. The number of carbonyl (C=O) groups is 1. The maximum absolute atomic E-state index is 13.6. The summed E-state index contributed by atoms with van der Waals surface area (Å²) in [6, 6.07) is 6.44. The molecule has 0 atom stereocenters. The van der Waals surface area contributed by atoms with Crippen molar-refractivity contribution in [2.75, 3.05) is 5.32 Å². The summed E-state index contributed by atoms with van der Waals surface area (Å²) in [5.41, 5.74) is 0.488. The molecular formula is C15H14F2N2O2. The Bertz CT molecular complexity index is 687. The fraction of sp³-hybridized carbons (Fsp3) is 0.200. The van der Waals surface area contributed by atoms with Crippen molar-refractivity contribution in [3.8, 4) is 0 Å². The highest BCUT2D eigenvalue weighted by Gasteiger charge is 2.13. The molecule has 110 valence electrons. The van der Waals surface area contributed by atoms with Crippen LogP contribution < -0.4 is 5.32 Å². The summed E-state index contributed by atoms with van der Waals surface area (Å²) >= 11 is 0. The highest BCUT2D eigenvalue weighted by molar-refractivity contribution is 5.88. The van der Waals surface area contributed by atoms with Gasteiger partial charge in [-0.25, -0.2) is 18.6 Å². The molecule has 0 aliphatic heterocycles. The smallest absolute Gasteiger partial charge is 0.335 e. The Hall–Kier alpha value is -2.50. The Morgan fingerprint density at radius 3 is 2.62 bits per heavy atom. The van der Waals surface area contributed by atoms with E-state index in [2.05, 4.69) is 10.3 Å². The van der Waals surface area contributed by atoms with Gasteiger partial charge in [0.1, 0.15) is 5.82 Å². The lowest BCUT2D eigenvalue weighted by molar-refractivity contribution is 0.0696. The highest BCUT2D eigenvalue weighted by Crippen LogP contribution is 2.23. The van der Waals surface area contributed by atoms with Crippen LogP contribution in [0.15, 0.2) is 30.3 Å². The third-order valence-corrected chi connectivity index (χ3v) is 2.90. The standard InChI is InChI=1S/C15H14F2N2O2/c1-8(2)12-6-9(15(20)21)7-13(19-12)18-11-5-3-4-10(16)14(11)17/h3-8H,1-2H3,(H,18,19)(H,20,21). The minimum Gasteiger partial charge on any atom is -0.478 e. The first-order valence-electron chi connectivity index (χ1n) is 6.35. The number of aromatic carboxylic acids is 1. The van der Waals surface area contributed by atoms with Crippen molar-refractivity contribution >= 4 is 17.5 Å². The Kier molecular flexibility index (Phi) is 4.16. The van der Waals surface area contributed by atoms with Crippen LogP contribution in [-0.2, 0) is 0 Å². The van der Waals surface area contributed by atoms with Crippen molar-refractivity contribution in [3.63, 3.8) is 0 Å². The number of carboxylic acids is 1. The summed E-state index contributed by atoms with van der Waals surface area (Å²) in [6.07, 6.45) is 0. The topological polar surface area (TPSA) is 62.2 Å². The van der Waals surface area contributed by atoms with E-state index in [4.69, 9.17) is 5.11 Å². The van der Waals surface area contributed by atoms with Gasteiger partial charge in [0, 0.05) is 5.69 Å². The molecule has 0 aliphatic carbocycles. The lowest BCUT2D eigenvalue weighted by Crippen LogP contribution is -2.05. The molecule has 0 spiro atoms. The maximum atomic E-state index is 13.6. The zero-order chi connectivity index (χ0) is 15.6. The van der Waals surface area contributed by atoms with Crippen molar-refractivity contribution in [2.45, 2.75) is 19.8 Å². The molecule has 0 saturated carbocycles. The van der Waals surface area contributed by atoms with Gasteiger partial charge in [0.25, 0.3) is 0 Å². The summed E-state index contributed by atoms with van der Waals surface area (Å²) in [6.45, 7) is 3.72. The average Bonchev–Trinajstić information content (AvgIpc) is 2.43. The van der Waals surface area contributed by atoms with Gasteiger partial charge in [-0.05, 0) is 30.2 Å². The number of nitrogens with zero attached hydrogens (tertiary/aromatic N) is 1. The van der Waals surface area contributed by atoms with E-state index in [1.807, 2.05) is 13.8 Å². The van der Waals surface area contributed by atoms with Gasteiger partial charge >= 0.3 is 5.97 Å². The number of rotatable bonds is 4. The van der Waals surface area contributed by atoms with Gasteiger partial charge < -0.3 is 10.4 Å². The molecule has 1 aromatic carbocycles. The number of pyridine rings is 1. The summed E-state index contributed by atoms with van der Waals surface area (Å²) in [4.78, 5) is 15.3. The summed E-state index contributed by atoms with van der Waals surface area (Å²) in [5, 5.41) is 11.7. The van der Waals surface area contributed by atoms with Crippen LogP contribution in [0.5, 0.6) is 0 Å². The van der Waals surface area contributed by atoms with Crippen LogP contribution in [0.3, 0.4) is 0 Å². The van der Waals surface area contributed by atoms with Gasteiger partial charge in [-0.2, -0.15) is 0 Å². The van der Waals surface area contributed by atoms with Crippen molar-refractivity contribution in [1.82, 2.24) is 4.98 Å². The van der Waals surface area contributed by atoms with E-state index >= 15 is 0 Å². The number of benzene rings is 1. The fourth-order valence-electron chi connectivity index (χ4n) is 1.77. The first kappa shape index (κ1) is 14.9. The zero-order valence-corrected chi connectivity index (χ0v) is 11.5. The van der Waals surface area contributed by atoms with E-state index in [0.29, 0.717) is 5.69 Å². The number of hydrogen-bond acceptors (Lipinski definition) is 3. The molecule has 0 saturated heterocycles. The van der Waals surface area contributed by atoms with Crippen LogP contribution in [0, 0.1) is 11.6 Å². The number of carboxylic acid groups (broad SMARTS) is 1. The Balaban J connectivity index is 2.43. The lowest BCUT2D eigenvalue weighted by atomic mass is 10.1. The van der Waals surface area contributed by atoms with Crippen LogP contribution in [0.2, 0.25) is 0 Å². The molecule has 2 N–H and O–H groups in total. The van der Waals surface area contributed by atoms with Crippen LogP contribution in [0.4, 0.5) is 20.3 Å². The molecule has 0 unspecified atom stereocenters. The third kappa shape index (κ3) is 3.34. The van der Waals surface area contributed by atoms with Crippen molar-refractivity contribution < 1.29 is 18.7 Å². The molecule has 0 aliphatic rings. The molecule has 6 heteroatoms. The van der Waals surface area contributed by atoms with Crippen LogP contribution in [-0.4, -0.2) is 16.1 Å². The molecule has 0 radical (unpaired) electrons. The first-order chi connectivity index (χ1) is 9.88. The van der Waals surface area contributed by atoms with Crippen molar-refractivity contribution in [3.05, 3.63) is 53.2 Å². The summed E-state index contributed by atoms with van der Waals surface area (Å²) < 4.78 is 26.8. The maximum Gasteiger partial charge on any atom is 0.335 e. The van der Waals surface area contributed by atoms with E-state index in [1.54, 1.807) is 0 Å². The fourth-order valence-corrected chi connectivity index (χ4v) is 1.77. The first-order valence-corrected chi connectivity index (χ1v) is 6.35. The predicted molar refractivity (Wildman–Crippen MR) is 74.9 cm³/mol. The van der Waals surface area contributed by atoms with Crippen LogP contribution in [0.1, 0.15) is 35.8 Å². The van der Waals surface area contributed by atoms with Gasteiger partial charge in [0.15, 0.2) is 11.6 Å². The second-order valence-electron chi connectivity index (χ2n) is 4.85. The molecule has 4 nitrogen and oxygen atoms in total. The minimum absolute atomic E-state index is 0.00204. The molecule has 2 aromatic rings. The normalized spacial score (nSPS) is 10.7. The third-order valence-electron chi connectivity index (χ3n) is 2.90. The Morgan fingerprint density at radius 1 is 1.29 bits per heavy atom. The largest absolute Gasteiger partial charge is 0.478 e. The molecule has 21 heavy (non-hydrogen) atoms. The number of anilines is 2. The Morgan fingerprint density at radius 2 is 2.00 bits per heavy atom. The van der Waals surface area contributed by atoms with Gasteiger partial charge in [-0.1, -0.05) is 19.9 Å². The zero-order valence-electron chi connectivity index (χ0n) is 11.5. The lowest BCUT2D eigenvalue weighted by Gasteiger charge is -2.12. The Labute approximate surface area is 120 Å². The van der Waals surface area contributed by atoms with Crippen molar-refractivity contribution in [1.29, 1.82) is 0 Å². The van der Waals surface area contributed by atoms with E-state index < -0.39 is 17.6 Å². The highest BCUT2D eigenvalue weighted by atomic mass is 19.2. The number of hydrogen-bond donors (Lipinski definition) is 2. The van der Waals surface area contributed by atoms with Gasteiger partial charge in [0.05, 0.1) is 11.3 Å². The van der Waals surface area contributed by atoms with E-state index in [-0.39, 0.29) is 23.0 Å². The average molecular weight is 292 g/mol. The second kappa shape index (κ2) is 5.87. The predicted octanol–water partition coefficient (Wildman–Crippen LogP) is 3.93. The summed E-state index contributed by atoms with van der Waals surface area (Å²) in [5.74, 6) is -2.98. The van der Waals surface area contributed by atoms with E-state index in [1.165, 1.54) is 24.3 Å². The SMILES string of the molecule is CC(C)c1cc(C(=O)O)cc(Nc2cccc(F)c2F)n1. The molecule has 0 amide bonds. The number of nitrogens with one attached hydrogen (secondary N) is 1. The van der Waals surface area contributed by atoms with Gasteiger partial charge in [0.2, 0.25) is 0 Å². The minimum atomic E-state index is -1.11. The van der Waals surface area contributed by atoms with E-state index in [9.17, 15) is 13.6 Å². The van der Waals surface area contributed by atoms with Gasteiger partial charge in [-0.3, -0.25) is 0 Å². The number of halogens is 2. The molecule has 2 rings (SSSR count). The van der Waals surface area contributed by atoms with Gasteiger partial charge in [-0.15, -0.1) is 0 Å². The van der Waals surface area contributed by atoms with Crippen molar-refractivity contribution in [2.24, 2.45) is 0 Å². The van der Waals surface area contributed by atoms with Crippen LogP contribution in [0.25, 0.3) is 0 Å². The summed E-state index contributed by atoms with van der Waals surface area (Å²) in [7, 11) is 0. The molecular weight excluding hydrogens is 278 g/mol. The molecule has 1 heterocycles. The number of aromatic nitrogens is 1. The quantitative estimate of drug-likeness (QED) is 0.896. The molecule has 0 bridgehead atoms. The van der Waals surface area contributed by atoms with E-state index in [0.717, 1.165) is 6.07 Å².